The van der Waals surface area contributed by atoms with Crippen molar-refractivity contribution in [2.75, 3.05) is 13.2 Å². The standard InChI is InChI=1S/C16H15NO3S/c18-15(12-17-16(19)14-9-5-11-21-14)20-10-4-8-13-6-2-1-3-7-13/h1-9,11H,10,12H2,(H,17,19)/b8-4+. The maximum absolute atomic E-state index is 11.6. The number of rotatable bonds is 6. The molecule has 0 aliphatic carbocycles. The zero-order valence-electron chi connectivity index (χ0n) is 11.3. The molecule has 1 aromatic heterocycles. The van der Waals surface area contributed by atoms with Crippen LogP contribution in [0.1, 0.15) is 15.2 Å². The molecular weight excluding hydrogens is 286 g/mol. The van der Waals surface area contributed by atoms with Crippen LogP contribution in [0.15, 0.2) is 53.9 Å². The van der Waals surface area contributed by atoms with Gasteiger partial charge >= 0.3 is 5.97 Å². The van der Waals surface area contributed by atoms with Crippen molar-refractivity contribution in [3.05, 3.63) is 64.4 Å². The first kappa shape index (κ1) is 15.0. The quantitative estimate of drug-likeness (QED) is 0.835. The Morgan fingerprint density at radius 1 is 1.14 bits per heavy atom. The summed E-state index contributed by atoms with van der Waals surface area (Å²) in [5.41, 5.74) is 1.04. The number of thiophene rings is 1. The third-order valence-electron chi connectivity index (χ3n) is 2.59. The van der Waals surface area contributed by atoms with Crippen LogP contribution in [0.25, 0.3) is 6.08 Å². The number of esters is 1. The van der Waals surface area contributed by atoms with Crippen LogP contribution < -0.4 is 5.32 Å². The second-order valence-electron chi connectivity index (χ2n) is 4.16. The van der Waals surface area contributed by atoms with Gasteiger partial charge in [0.05, 0.1) is 4.88 Å². The van der Waals surface area contributed by atoms with Gasteiger partial charge in [-0.05, 0) is 23.1 Å². The highest BCUT2D eigenvalue weighted by Gasteiger charge is 2.08. The predicted molar refractivity (Wildman–Crippen MR) is 83.1 cm³/mol. The second-order valence-corrected chi connectivity index (χ2v) is 5.10. The lowest BCUT2D eigenvalue weighted by Gasteiger charge is -2.03. The fourth-order valence-corrected chi connectivity index (χ4v) is 2.23. The van der Waals surface area contributed by atoms with Crippen LogP contribution in [0, 0.1) is 0 Å². The van der Waals surface area contributed by atoms with Gasteiger partial charge in [-0.25, -0.2) is 0 Å². The van der Waals surface area contributed by atoms with Crippen LogP contribution in [0.5, 0.6) is 0 Å². The van der Waals surface area contributed by atoms with E-state index >= 15 is 0 Å². The fourth-order valence-electron chi connectivity index (χ4n) is 1.59. The first-order chi connectivity index (χ1) is 10.3. The summed E-state index contributed by atoms with van der Waals surface area (Å²) in [4.78, 5) is 23.6. The summed E-state index contributed by atoms with van der Waals surface area (Å²) in [5.74, 6) is -0.723. The minimum atomic E-state index is -0.461. The summed E-state index contributed by atoms with van der Waals surface area (Å²) in [6, 6.07) is 13.2. The van der Waals surface area contributed by atoms with Crippen molar-refractivity contribution in [2.24, 2.45) is 0 Å². The van der Waals surface area contributed by atoms with E-state index in [1.165, 1.54) is 11.3 Å². The van der Waals surface area contributed by atoms with Gasteiger partial charge in [0.25, 0.3) is 5.91 Å². The highest BCUT2D eigenvalue weighted by Crippen LogP contribution is 2.07. The molecule has 0 aliphatic rings. The van der Waals surface area contributed by atoms with Crippen LogP contribution in [0.2, 0.25) is 0 Å². The van der Waals surface area contributed by atoms with E-state index in [1.807, 2.05) is 41.8 Å². The molecule has 1 amide bonds. The Morgan fingerprint density at radius 3 is 2.67 bits per heavy atom. The lowest BCUT2D eigenvalue weighted by molar-refractivity contribution is -0.141. The van der Waals surface area contributed by atoms with Gasteiger partial charge in [0.15, 0.2) is 0 Å². The summed E-state index contributed by atoms with van der Waals surface area (Å²) in [7, 11) is 0. The van der Waals surface area contributed by atoms with Crippen LogP contribution in [-0.2, 0) is 9.53 Å². The minimum Gasteiger partial charge on any atom is -0.460 e. The van der Waals surface area contributed by atoms with Crippen LogP contribution in [-0.4, -0.2) is 25.0 Å². The number of nitrogens with one attached hydrogen (secondary N) is 1. The summed E-state index contributed by atoms with van der Waals surface area (Å²) in [5, 5.41) is 4.32. The normalized spacial score (nSPS) is 10.5. The molecule has 0 bridgehead atoms. The molecule has 0 spiro atoms. The predicted octanol–water partition coefficient (Wildman–Crippen LogP) is 2.73. The number of carbonyl (C=O) groups excluding carboxylic acids is 2. The van der Waals surface area contributed by atoms with E-state index in [1.54, 1.807) is 18.2 Å². The molecule has 21 heavy (non-hydrogen) atoms. The Kier molecular flexibility index (Phi) is 5.72. The molecule has 0 atom stereocenters. The maximum atomic E-state index is 11.6. The lowest BCUT2D eigenvalue weighted by atomic mass is 10.2. The number of ether oxygens (including phenoxy) is 1. The number of carbonyl (C=O) groups is 2. The molecule has 1 heterocycles. The second kappa shape index (κ2) is 8.01. The summed E-state index contributed by atoms with van der Waals surface area (Å²) >= 11 is 1.33. The molecule has 0 aliphatic heterocycles. The van der Waals surface area contributed by atoms with Gasteiger partial charge in [-0.2, -0.15) is 0 Å². The van der Waals surface area contributed by atoms with Gasteiger partial charge in [0.2, 0.25) is 0 Å². The molecular formula is C16H15NO3S. The van der Waals surface area contributed by atoms with Crippen LogP contribution in [0.4, 0.5) is 0 Å². The van der Waals surface area contributed by atoms with E-state index in [0.717, 1.165) is 5.56 Å². The monoisotopic (exact) mass is 301 g/mol. The first-order valence-electron chi connectivity index (χ1n) is 6.44. The average molecular weight is 301 g/mol. The molecule has 1 aromatic carbocycles. The summed E-state index contributed by atoms with van der Waals surface area (Å²) in [6.45, 7) is 0.0541. The van der Waals surface area contributed by atoms with E-state index in [2.05, 4.69) is 5.32 Å². The van der Waals surface area contributed by atoms with Crippen molar-refractivity contribution in [3.63, 3.8) is 0 Å². The van der Waals surface area contributed by atoms with Crippen molar-refractivity contribution in [1.29, 1.82) is 0 Å². The van der Waals surface area contributed by atoms with Gasteiger partial charge in [-0.15, -0.1) is 11.3 Å². The molecule has 0 unspecified atom stereocenters. The number of hydrogen-bond donors (Lipinski definition) is 1. The lowest BCUT2D eigenvalue weighted by Crippen LogP contribution is -2.30. The van der Waals surface area contributed by atoms with Crippen LogP contribution >= 0.6 is 11.3 Å². The van der Waals surface area contributed by atoms with Gasteiger partial charge in [-0.1, -0.05) is 42.5 Å². The minimum absolute atomic E-state index is 0.129. The Hall–Kier alpha value is -2.40. The zero-order valence-corrected chi connectivity index (χ0v) is 12.1. The molecule has 2 rings (SSSR count). The number of amides is 1. The average Bonchev–Trinajstić information content (AvgIpc) is 3.05. The molecule has 1 N–H and O–H groups in total. The molecule has 4 nitrogen and oxygen atoms in total. The largest absolute Gasteiger partial charge is 0.460 e. The van der Waals surface area contributed by atoms with Crippen molar-refractivity contribution in [1.82, 2.24) is 5.32 Å². The fraction of sp³-hybridized carbons (Fsp3) is 0.125. The Balaban J connectivity index is 1.66. The zero-order chi connectivity index (χ0) is 14.9. The van der Waals surface area contributed by atoms with Gasteiger partial charge in [0.1, 0.15) is 13.2 Å². The topological polar surface area (TPSA) is 55.4 Å². The Morgan fingerprint density at radius 2 is 1.95 bits per heavy atom. The van der Waals surface area contributed by atoms with Crippen molar-refractivity contribution in [2.45, 2.75) is 0 Å². The van der Waals surface area contributed by atoms with Crippen molar-refractivity contribution >= 4 is 29.3 Å². The molecule has 0 saturated carbocycles. The Bertz CT molecular complexity index is 606. The smallest absolute Gasteiger partial charge is 0.325 e. The van der Waals surface area contributed by atoms with E-state index in [4.69, 9.17) is 4.74 Å². The molecule has 0 saturated heterocycles. The van der Waals surface area contributed by atoms with E-state index in [0.29, 0.717) is 4.88 Å². The van der Waals surface area contributed by atoms with Gasteiger partial charge in [0, 0.05) is 0 Å². The SMILES string of the molecule is O=C(CNC(=O)c1cccs1)OC/C=C/c1ccccc1. The number of benzene rings is 1. The maximum Gasteiger partial charge on any atom is 0.325 e. The van der Waals surface area contributed by atoms with Gasteiger partial charge < -0.3 is 10.1 Å². The van der Waals surface area contributed by atoms with E-state index in [-0.39, 0.29) is 19.1 Å². The van der Waals surface area contributed by atoms with Crippen molar-refractivity contribution < 1.29 is 14.3 Å². The number of hydrogen-bond acceptors (Lipinski definition) is 4. The molecule has 2 aromatic rings. The molecule has 0 radical (unpaired) electrons. The molecule has 5 heteroatoms. The van der Waals surface area contributed by atoms with E-state index < -0.39 is 5.97 Å². The third-order valence-corrected chi connectivity index (χ3v) is 3.46. The van der Waals surface area contributed by atoms with E-state index in [9.17, 15) is 9.59 Å². The summed E-state index contributed by atoms with van der Waals surface area (Å²) < 4.78 is 4.99. The van der Waals surface area contributed by atoms with Crippen LogP contribution in [0.3, 0.4) is 0 Å². The molecule has 108 valence electrons. The first-order valence-corrected chi connectivity index (χ1v) is 7.32. The van der Waals surface area contributed by atoms with Gasteiger partial charge in [-0.3, -0.25) is 9.59 Å². The highest BCUT2D eigenvalue weighted by atomic mass is 32.1. The Labute approximate surface area is 127 Å². The molecule has 0 fully saturated rings. The summed E-state index contributed by atoms with van der Waals surface area (Å²) in [6.07, 6.45) is 3.63. The highest BCUT2D eigenvalue weighted by molar-refractivity contribution is 7.12. The third kappa shape index (κ3) is 5.24. The van der Waals surface area contributed by atoms with Crippen molar-refractivity contribution in [3.8, 4) is 0 Å².